The number of fused-ring (bicyclic) bond motifs is 1. The fourth-order valence-corrected chi connectivity index (χ4v) is 1.73. The van der Waals surface area contributed by atoms with E-state index in [4.69, 9.17) is 21.1 Å². The third-order valence-electron chi connectivity index (χ3n) is 2.36. The lowest BCUT2D eigenvalue weighted by atomic mass is 10.1. The van der Waals surface area contributed by atoms with Crippen molar-refractivity contribution in [3.8, 4) is 22.8 Å². The average Bonchev–Trinajstić information content (AvgIpc) is 2.79. The van der Waals surface area contributed by atoms with Gasteiger partial charge in [-0.2, -0.15) is 0 Å². The maximum absolute atomic E-state index is 13.6. The third kappa shape index (κ3) is 1.78. The summed E-state index contributed by atoms with van der Waals surface area (Å²) in [6.07, 6.45) is 1.04. The van der Waals surface area contributed by atoms with Gasteiger partial charge in [-0.25, -0.2) is 14.4 Å². The van der Waals surface area contributed by atoms with Crippen LogP contribution in [-0.4, -0.2) is 16.8 Å². The van der Waals surface area contributed by atoms with E-state index in [1.165, 1.54) is 0 Å². The molecule has 0 spiro atoms. The Balaban J connectivity index is 2.12. The van der Waals surface area contributed by atoms with Crippen LogP contribution in [0, 0.1) is 5.82 Å². The van der Waals surface area contributed by atoms with Crippen LogP contribution in [0.3, 0.4) is 0 Å². The zero-order valence-electron chi connectivity index (χ0n) is 8.48. The van der Waals surface area contributed by atoms with Gasteiger partial charge in [-0.15, -0.1) is 0 Å². The summed E-state index contributed by atoms with van der Waals surface area (Å²) in [5.41, 5.74) is 0.708. The molecule has 86 valence electrons. The molecule has 0 N–H and O–H groups in total. The van der Waals surface area contributed by atoms with Crippen LogP contribution < -0.4 is 9.47 Å². The van der Waals surface area contributed by atoms with Crippen LogP contribution >= 0.6 is 11.6 Å². The molecule has 0 atom stereocenters. The molecule has 4 nitrogen and oxygen atoms in total. The normalized spacial score (nSPS) is 12.8. The number of ether oxygens (including phenoxy) is 2. The molecule has 0 amide bonds. The van der Waals surface area contributed by atoms with Gasteiger partial charge >= 0.3 is 0 Å². The molecule has 0 radical (unpaired) electrons. The van der Waals surface area contributed by atoms with E-state index in [0.29, 0.717) is 17.1 Å². The zero-order chi connectivity index (χ0) is 11.8. The second-order valence-corrected chi connectivity index (χ2v) is 3.74. The molecule has 1 aliphatic heterocycles. The Kier molecular flexibility index (Phi) is 2.33. The molecule has 6 heteroatoms. The zero-order valence-corrected chi connectivity index (χ0v) is 9.24. The predicted molar refractivity (Wildman–Crippen MR) is 58.6 cm³/mol. The van der Waals surface area contributed by atoms with E-state index in [9.17, 15) is 4.39 Å². The Morgan fingerprint density at radius 2 is 2.06 bits per heavy atom. The molecular weight excluding hydrogens is 247 g/mol. The molecule has 0 unspecified atom stereocenters. The van der Waals surface area contributed by atoms with Crippen LogP contribution in [0.5, 0.6) is 11.5 Å². The topological polar surface area (TPSA) is 44.2 Å². The van der Waals surface area contributed by atoms with Gasteiger partial charge in [0.2, 0.25) is 12.1 Å². The highest BCUT2D eigenvalue weighted by Gasteiger charge is 2.16. The predicted octanol–water partition coefficient (Wildman–Crippen LogP) is 2.66. The molecular formula is C11H6ClFN2O2. The van der Waals surface area contributed by atoms with Gasteiger partial charge in [0.25, 0.3) is 0 Å². The summed E-state index contributed by atoms with van der Waals surface area (Å²) in [7, 11) is 0. The number of nitrogens with zero attached hydrogens (tertiary/aromatic N) is 2. The minimum atomic E-state index is -0.534. The van der Waals surface area contributed by atoms with Crippen molar-refractivity contribution >= 4 is 11.6 Å². The SMILES string of the molecule is Fc1cnc(Cl)nc1-c1ccc2c(c1)OCO2. The monoisotopic (exact) mass is 252 g/mol. The van der Waals surface area contributed by atoms with Crippen molar-refractivity contribution in [2.75, 3.05) is 6.79 Å². The maximum atomic E-state index is 13.6. The number of rotatable bonds is 1. The molecule has 0 saturated carbocycles. The first-order valence-electron chi connectivity index (χ1n) is 4.82. The Morgan fingerprint density at radius 3 is 2.94 bits per heavy atom. The molecule has 2 aromatic rings. The first-order chi connectivity index (χ1) is 8.24. The van der Waals surface area contributed by atoms with E-state index in [2.05, 4.69) is 9.97 Å². The number of benzene rings is 1. The van der Waals surface area contributed by atoms with Crippen LogP contribution in [0.2, 0.25) is 5.28 Å². The van der Waals surface area contributed by atoms with Gasteiger partial charge in [-0.3, -0.25) is 0 Å². The smallest absolute Gasteiger partial charge is 0.231 e. The Bertz CT molecular complexity index is 592. The summed E-state index contributed by atoms with van der Waals surface area (Å²) < 4.78 is 23.9. The molecule has 2 heterocycles. The maximum Gasteiger partial charge on any atom is 0.231 e. The van der Waals surface area contributed by atoms with Crippen molar-refractivity contribution in [2.24, 2.45) is 0 Å². The molecule has 0 bridgehead atoms. The summed E-state index contributed by atoms with van der Waals surface area (Å²) in [5, 5.41) is -0.000864. The molecule has 0 fully saturated rings. The minimum Gasteiger partial charge on any atom is -0.454 e. The van der Waals surface area contributed by atoms with Crippen LogP contribution in [0.15, 0.2) is 24.4 Å². The fourth-order valence-electron chi connectivity index (χ4n) is 1.59. The standard InChI is InChI=1S/C11H6ClFN2O2/c12-11-14-4-7(13)10(15-11)6-1-2-8-9(3-6)17-5-16-8/h1-4H,5H2. The van der Waals surface area contributed by atoms with Gasteiger partial charge in [-0.1, -0.05) is 0 Å². The lowest BCUT2D eigenvalue weighted by Crippen LogP contribution is -1.93. The molecule has 0 aliphatic carbocycles. The average molecular weight is 253 g/mol. The number of halogens is 2. The highest BCUT2D eigenvalue weighted by atomic mass is 35.5. The van der Waals surface area contributed by atoms with Crippen LogP contribution in [0.4, 0.5) is 4.39 Å². The molecule has 17 heavy (non-hydrogen) atoms. The summed E-state index contributed by atoms with van der Waals surface area (Å²) in [6.45, 7) is 0.172. The van der Waals surface area contributed by atoms with E-state index in [-0.39, 0.29) is 17.8 Å². The Hall–Kier alpha value is -1.88. The van der Waals surface area contributed by atoms with Crippen molar-refractivity contribution in [1.29, 1.82) is 0 Å². The lowest BCUT2D eigenvalue weighted by Gasteiger charge is -2.03. The quantitative estimate of drug-likeness (QED) is 0.732. The van der Waals surface area contributed by atoms with Crippen molar-refractivity contribution < 1.29 is 13.9 Å². The second kappa shape index (κ2) is 3.85. The van der Waals surface area contributed by atoms with E-state index >= 15 is 0 Å². The molecule has 1 aromatic carbocycles. The third-order valence-corrected chi connectivity index (χ3v) is 2.54. The summed E-state index contributed by atoms with van der Waals surface area (Å²) in [4.78, 5) is 7.41. The van der Waals surface area contributed by atoms with Gasteiger partial charge in [-0.05, 0) is 29.8 Å². The highest BCUT2D eigenvalue weighted by molar-refractivity contribution is 6.28. The van der Waals surface area contributed by atoms with E-state index < -0.39 is 5.82 Å². The molecule has 0 saturated heterocycles. The first kappa shape index (κ1) is 10.3. The molecule has 1 aromatic heterocycles. The minimum absolute atomic E-state index is 0.000864. The van der Waals surface area contributed by atoms with Gasteiger partial charge in [0.05, 0.1) is 6.20 Å². The Morgan fingerprint density at radius 1 is 1.24 bits per heavy atom. The Labute approximate surface area is 101 Å². The fraction of sp³-hybridized carbons (Fsp3) is 0.0909. The van der Waals surface area contributed by atoms with Crippen molar-refractivity contribution in [3.63, 3.8) is 0 Å². The summed E-state index contributed by atoms with van der Waals surface area (Å²) in [5.74, 6) is 0.666. The van der Waals surface area contributed by atoms with E-state index in [1.54, 1.807) is 18.2 Å². The van der Waals surface area contributed by atoms with E-state index in [0.717, 1.165) is 6.20 Å². The van der Waals surface area contributed by atoms with Crippen LogP contribution in [0.25, 0.3) is 11.3 Å². The first-order valence-corrected chi connectivity index (χ1v) is 5.20. The van der Waals surface area contributed by atoms with Gasteiger partial charge in [0.1, 0.15) is 5.69 Å². The number of aromatic nitrogens is 2. The summed E-state index contributed by atoms with van der Waals surface area (Å²) in [6, 6.07) is 5.05. The van der Waals surface area contributed by atoms with Gasteiger partial charge < -0.3 is 9.47 Å². The summed E-state index contributed by atoms with van der Waals surface area (Å²) >= 11 is 5.64. The highest BCUT2D eigenvalue weighted by Crippen LogP contribution is 2.35. The van der Waals surface area contributed by atoms with Gasteiger partial charge in [0.15, 0.2) is 17.3 Å². The molecule has 1 aliphatic rings. The van der Waals surface area contributed by atoms with Gasteiger partial charge in [0, 0.05) is 5.56 Å². The van der Waals surface area contributed by atoms with E-state index in [1.807, 2.05) is 0 Å². The lowest BCUT2D eigenvalue weighted by molar-refractivity contribution is 0.174. The largest absolute Gasteiger partial charge is 0.454 e. The number of hydrogen-bond donors (Lipinski definition) is 0. The van der Waals surface area contributed by atoms with Crippen LogP contribution in [-0.2, 0) is 0 Å². The van der Waals surface area contributed by atoms with Crippen molar-refractivity contribution in [3.05, 3.63) is 35.5 Å². The van der Waals surface area contributed by atoms with Crippen molar-refractivity contribution in [2.45, 2.75) is 0 Å². The molecule has 3 rings (SSSR count). The van der Waals surface area contributed by atoms with Crippen LogP contribution in [0.1, 0.15) is 0 Å². The number of hydrogen-bond acceptors (Lipinski definition) is 4. The van der Waals surface area contributed by atoms with Crippen molar-refractivity contribution in [1.82, 2.24) is 9.97 Å². The second-order valence-electron chi connectivity index (χ2n) is 3.40.